The fourth-order valence-electron chi connectivity index (χ4n) is 4.69. The summed E-state index contributed by atoms with van der Waals surface area (Å²) in [5, 5.41) is 2.99. The summed E-state index contributed by atoms with van der Waals surface area (Å²) in [7, 11) is -4.17. The average Bonchev–Trinajstić information content (AvgIpc) is 3.00. The predicted molar refractivity (Wildman–Crippen MR) is 162 cm³/mol. The number of amides is 2. The molecule has 42 heavy (non-hydrogen) atoms. The lowest BCUT2D eigenvalue weighted by molar-refractivity contribution is -0.140. The number of hydrogen-bond donors (Lipinski definition) is 1. The maximum absolute atomic E-state index is 14.2. The molecule has 0 saturated heterocycles. The highest BCUT2D eigenvalue weighted by Crippen LogP contribution is 2.36. The van der Waals surface area contributed by atoms with Gasteiger partial charge in [-0.15, -0.1) is 0 Å². The highest BCUT2D eigenvalue weighted by molar-refractivity contribution is 7.92. The molecular formula is C32H39N3O6S. The molecule has 2 atom stereocenters. The van der Waals surface area contributed by atoms with E-state index in [9.17, 15) is 18.0 Å². The molecule has 0 spiro atoms. The second-order valence-corrected chi connectivity index (χ2v) is 12.3. The minimum Gasteiger partial charge on any atom is -0.486 e. The van der Waals surface area contributed by atoms with Crippen LogP contribution in [0.4, 0.5) is 5.69 Å². The lowest BCUT2D eigenvalue weighted by atomic mass is 10.1. The van der Waals surface area contributed by atoms with Gasteiger partial charge in [0.15, 0.2) is 11.5 Å². The molecule has 0 aromatic heterocycles. The van der Waals surface area contributed by atoms with Gasteiger partial charge in [0.2, 0.25) is 11.8 Å². The molecule has 3 aromatic rings. The summed E-state index contributed by atoms with van der Waals surface area (Å²) in [5.41, 5.74) is 2.15. The number of anilines is 1. The van der Waals surface area contributed by atoms with Crippen LogP contribution < -0.4 is 19.1 Å². The number of fused-ring (bicyclic) bond motifs is 1. The molecule has 0 fully saturated rings. The average molecular weight is 594 g/mol. The van der Waals surface area contributed by atoms with Gasteiger partial charge in [0.25, 0.3) is 10.0 Å². The number of carbonyl (C=O) groups is 2. The molecule has 3 aromatic carbocycles. The van der Waals surface area contributed by atoms with E-state index in [1.54, 1.807) is 36.4 Å². The maximum atomic E-state index is 14.2. The number of aryl methyl sites for hydroxylation is 1. The number of carbonyl (C=O) groups excluding carboxylic acids is 2. The van der Waals surface area contributed by atoms with Crippen molar-refractivity contribution in [2.24, 2.45) is 0 Å². The molecular weight excluding hydrogens is 554 g/mol. The molecule has 1 aliphatic rings. The third kappa shape index (κ3) is 7.23. The zero-order valence-corrected chi connectivity index (χ0v) is 25.4. The van der Waals surface area contributed by atoms with E-state index < -0.39 is 28.5 Å². The van der Waals surface area contributed by atoms with Gasteiger partial charge in [-0.25, -0.2) is 8.42 Å². The Balaban J connectivity index is 1.75. The second kappa shape index (κ2) is 13.7. The molecule has 0 saturated carbocycles. The van der Waals surface area contributed by atoms with Crippen LogP contribution in [0.5, 0.6) is 11.5 Å². The highest BCUT2D eigenvalue weighted by atomic mass is 32.2. The molecule has 1 aliphatic heterocycles. The summed E-state index contributed by atoms with van der Waals surface area (Å²) in [6.07, 6.45) is 1.09. The molecule has 2 amide bonds. The summed E-state index contributed by atoms with van der Waals surface area (Å²) in [5.74, 6) is 0.123. The first-order valence-electron chi connectivity index (χ1n) is 14.3. The zero-order chi connectivity index (χ0) is 30.3. The number of ether oxygens (including phenoxy) is 2. The zero-order valence-electron chi connectivity index (χ0n) is 24.6. The first-order chi connectivity index (χ1) is 20.1. The van der Waals surface area contributed by atoms with Crippen LogP contribution in [0, 0.1) is 6.92 Å². The third-order valence-corrected chi connectivity index (χ3v) is 9.07. The smallest absolute Gasteiger partial charge is 0.264 e. The SMILES string of the molecule is CC[C@@H](C)NC(=O)[C@H](CC)N(Cc1ccc(C)cc1)C(=O)CN(c1ccc2c(c1)OCCO2)S(=O)(=O)c1ccccc1. The molecule has 9 nitrogen and oxygen atoms in total. The Labute approximate surface area is 248 Å². The fourth-order valence-corrected chi connectivity index (χ4v) is 6.11. The van der Waals surface area contributed by atoms with Crippen molar-refractivity contribution in [2.45, 2.75) is 64.1 Å². The number of hydrogen-bond acceptors (Lipinski definition) is 6. The Bertz CT molecular complexity index is 1480. The van der Waals surface area contributed by atoms with Crippen LogP contribution in [0.1, 0.15) is 44.7 Å². The molecule has 224 valence electrons. The van der Waals surface area contributed by atoms with Gasteiger partial charge in [-0.05, 0) is 56.5 Å². The van der Waals surface area contributed by atoms with Crippen molar-refractivity contribution in [2.75, 3.05) is 24.1 Å². The Morgan fingerprint density at radius 2 is 1.57 bits per heavy atom. The van der Waals surface area contributed by atoms with Gasteiger partial charge in [0.05, 0.1) is 10.6 Å². The Kier molecular flexibility index (Phi) is 10.1. The van der Waals surface area contributed by atoms with Crippen molar-refractivity contribution in [3.05, 3.63) is 83.9 Å². The number of benzene rings is 3. The van der Waals surface area contributed by atoms with Crippen LogP contribution in [0.3, 0.4) is 0 Å². The summed E-state index contributed by atoms with van der Waals surface area (Å²) in [6, 6.07) is 19.6. The Morgan fingerprint density at radius 3 is 2.21 bits per heavy atom. The topological polar surface area (TPSA) is 105 Å². The molecule has 10 heteroatoms. The molecule has 1 N–H and O–H groups in total. The fraction of sp³-hybridized carbons (Fsp3) is 0.375. The van der Waals surface area contributed by atoms with Crippen LogP contribution in [0.15, 0.2) is 77.7 Å². The second-order valence-electron chi connectivity index (χ2n) is 10.4. The van der Waals surface area contributed by atoms with Crippen molar-refractivity contribution in [1.29, 1.82) is 0 Å². The molecule has 1 heterocycles. The predicted octanol–water partition coefficient (Wildman–Crippen LogP) is 4.68. The minimum absolute atomic E-state index is 0.0410. The largest absolute Gasteiger partial charge is 0.486 e. The number of nitrogens with zero attached hydrogens (tertiary/aromatic N) is 2. The normalized spacial score (nSPS) is 14.0. The van der Waals surface area contributed by atoms with Crippen LogP contribution in [0.2, 0.25) is 0 Å². The Morgan fingerprint density at radius 1 is 0.905 bits per heavy atom. The van der Waals surface area contributed by atoms with Gasteiger partial charge < -0.3 is 19.7 Å². The standard InChI is InChI=1S/C32H39N3O6S/c1-5-24(4)33-32(37)28(6-2)34(21-25-14-12-23(3)13-15-25)31(36)22-35(42(38,39)27-10-8-7-9-11-27)26-16-17-29-30(20-26)41-19-18-40-29/h7-17,20,24,28H,5-6,18-19,21-22H2,1-4H3,(H,33,37)/t24-,28+/m1/s1. The quantitative estimate of drug-likeness (QED) is 0.327. The van der Waals surface area contributed by atoms with Crippen molar-refractivity contribution in [1.82, 2.24) is 10.2 Å². The van der Waals surface area contributed by atoms with E-state index >= 15 is 0 Å². The summed E-state index contributed by atoms with van der Waals surface area (Å²) in [6.45, 7) is 8.04. The van der Waals surface area contributed by atoms with E-state index in [1.807, 2.05) is 52.0 Å². The Hall–Kier alpha value is -4.05. The van der Waals surface area contributed by atoms with Gasteiger partial charge in [-0.2, -0.15) is 0 Å². The molecule has 0 unspecified atom stereocenters. The van der Waals surface area contributed by atoms with Crippen LogP contribution in [0.25, 0.3) is 0 Å². The van der Waals surface area contributed by atoms with E-state index in [1.165, 1.54) is 17.0 Å². The first-order valence-corrected chi connectivity index (χ1v) is 15.7. The van der Waals surface area contributed by atoms with Crippen molar-refractivity contribution in [3.63, 3.8) is 0 Å². The number of sulfonamides is 1. The van der Waals surface area contributed by atoms with E-state index in [0.29, 0.717) is 31.1 Å². The van der Waals surface area contributed by atoms with Crippen LogP contribution in [-0.2, 0) is 26.2 Å². The third-order valence-electron chi connectivity index (χ3n) is 7.28. The monoisotopic (exact) mass is 593 g/mol. The van der Waals surface area contributed by atoms with Gasteiger partial charge in [-0.1, -0.05) is 61.9 Å². The first kappa shape index (κ1) is 30.9. The molecule has 4 rings (SSSR count). The van der Waals surface area contributed by atoms with Crippen molar-refractivity contribution < 1.29 is 27.5 Å². The van der Waals surface area contributed by atoms with E-state index in [4.69, 9.17) is 9.47 Å². The molecule has 0 bridgehead atoms. The van der Waals surface area contributed by atoms with E-state index in [2.05, 4.69) is 5.32 Å². The van der Waals surface area contributed by atoms with Crippen LogP contribution in [-0.4, -0.2) is 57.0 Å². The van der Waals surface area contributed by atoms with Gasteiger partial charge in [-0.3, -0.25) is 13.9 Å². The van der Waals surface area contributed by atoms with E-state index in [0.717, 1.165) is 21.9 Å². The van der Waals surface area contributed by atoms with Gasteiger partial charge in [0, 0.05) is 18.7 Å². The highest BCUT2D eigenvalue weighted by Gasteiger charge is 2.34. The molecule has 0 aliphatic carbocycles. The van der Waals surface area contributed by atoms with E-state index in [-0.39, 0.29) is 29.1 Å². The molecule has 0 radical (unpaired) electrons. The maximum Gasteiger partial charge on any atom is 0.264 e. The minimum atomic E-state index is -4.17. The van der Waals surface area contributed by atoms with Gasteiger partial charge in [0.1, 0.15) is 25.8 Å². The van der Waals surface area contributed by atoms with Crippen LogP contribution >= 0.6 is 0 Å². The van der Waals surface area contributed by atoms with Crippen molar-refractivity contribution in [3.8, 4) is 11.5 Å². The van der Waals surface area contributed by atoms with Crippen molar-refractivity contribution >= 4 is 27.5 Å². The lowest BCUT2D eigenvalue weighted by Crippen LogP contribution is -2.53. The van der Waals surface area contributed by atoms with Gasteiger partial charge >= 0.3 is 0 Å². The lowest BCUT2D eigenvalue weighted by Gasteiger charge is -2.34. The summed E-state index contributed by atoms with van der Waals surface area (Å²) >= 11 is 0. The summed E-state index contributed by atoms with van der Waals surface area (Å²) < 4.78 is 40.4. The summed E-state index contributed by atoms with van der Waals surface area (Å²) in [4.78, 5) is 29.1. The number of rotatable bonds is 12. The number of nitrogens with one attached hydrogen (secondary N) is 1.